The number of rotatable bonds is 12. The summed E-state index contributed by atoms with van der Waals surface area (Å²) in [5.74, 6) is 2.11. The van der Waals surface area contributed by atoms with E-state index in [1.165, 1.54) is 0 Å². The number of amidine groups is 2. The van der Waals surface area contributed by atoms with Crippen molar-refractivity contribution < 1.29 is 0 Å². The highest BCUT2D eigenvalue weighted by Crippen LogP contribution is 2.23. The summed E-state index contributed by atoms with van der Waals surface area (Å²) in [7, 11) is 0. The highest BCUT2D eigenvalue weighted by atomic mass is 15.3. The van der Waals surface area contributed by atoms with Crippen molar-refractivity contribution in [2.45, 2.75) is 58.3 Å². The van der Waals surface area contributed by atoms with Crippen molar-refractivity contribution in [3.63, 3.8) is 0 Å². The molecule has 2 aliphatic heterocycles. The molecule has 182 valence electrons. The van der Waals surface area contributed by atoms with Gasteiger partial charge in [-0.15, -0.1) is 0 Å². The number of hydrogen-bond acceptors (Lipinski definition) is 8. The lowest BCUT2D eigenvalue weighted by atomic mass is 10.1. The molecule has 0 spiro atoms. The molecular weight excluding hydrogens is 436 g/mol. The van der Waals surface area contributed by atoms with E-state index in [-0.39, 0.29) is 12.3 Å². The van der Waals surface area contributed by atoms with Gasteiger partial charge in [-0.05, 0) is 30.7 Å². The lowest BCUT2D eigenvalue weighted by molar-refractivity contribution is 0.419. The molecule has 0 bridgehead atoms. The minimum absolute atomic E-state index is 0.0872. The zero-order valence-corrected chi connectivity index (χ0v) is 20.6. The van der Waals surface area contributed by atoms with Crippen LogP contribution in [-0.2, 0) is 0 Å². The van der Waals surface area contributed by atoms with E-state index in [1.807, 2.05) is 73.3 Å². The Balaban J connectivity index is 1.33. The smallest absolute Gasteiger partial charge is 0.300 e. The van der Waals surface area contributed by atoms with Crippen LogP contribution in [0.2, 0.25) is 0 Å². The van der Waals surface area contributed by atoms with Gasteiger partial charge in [0.2, 0.25) is 0 Å². The summed E-state index contributed by atoms with van der Waals surface area (Å²) >= 11 is 0. The van der Waals surface area contributed by atoms with E-state index in [0.717, 1.165) is 66.5 Å². The summed E-state index contributed by atoms with van der Waals surface area (Å²) in [4.78, 5) is 13.7. The van der Waals surface area contributed by atoms with E-state index in [1.54, 1.807) is 0 Å². The molecule has 2 aromatic rings. The van der Waals surface area contributed by atoms with Crippen LogP contribution in [-0.4, -0.2) is 33.8 Å². The van der Waals surface area contributed by atoms with E-state index in [2.05, 4.69) is 44.3 Å². The summed E-state index contributed by atoms with van der Waals surface area (Å²) < 4.78 is 0. The molecule has 8 nitrogen and oxygen atoms in total. The average Bonchev–Trinajstić information content (AvgIpc) is 3.53. The average molecular weight is 473 g/mol. The molecule has 0 fully saturated rings. The molecular formula is C27H36N8+2. The number of aliphatic imine (C=N–C) groups is 2. The molecule has 0 aromatic heterocycles. The molecule has 2 unspecified atom stereocenters. The van der Waals surface area contributed by atoms with Gasteiger partial charge in [-0.2, -0.15) is 0 Å². The van der Waals surface area contributed by atoms with Crippen molar-refractivity contribution in [1.29, 1.82) is 0 Å². The highest BCUT2D eigenvalue weighted by Gasteiger charge is 2.34. The second-order valence-electron chi connectivity index (χ2n) is 8.67. The van der Waals surface area contributed by atoms with Crippen LogP contribution in [0, 0.1) is 0 Å². The highest BCUT2D eigenvalue weighted by molar-refractivity contribution is 5.87. The third kappa shape index (κ3) is 5.77. The van der Waals surface area contributed by atoms with E-state index in [4.69, 9.17) is 11.5 Å². The number of nitrogens with zero attached hydrogens (tertiary/aromatic N) is 4. The number of nitrogens with one attached hydrogen (secondary N) is 2. The van der Waals surface area contributed by atoms with E-state index in [9.17, 15) is 0 Å². The Bertz CT molecular complexity index is 1030. The second-order valence-corrected chi connectivity index (χ2v) is 8.67. The van der Waals surface area contributed by atoms with Crippen molar-refractivity contribution in [2.75, 3.05) is 22.1 Å². The van der Waals surface area contributed by atoms with Crippen LogP contribution >= 0.6 is 0 Å². The third-order valence-electron chi connectivity index (χ3n) is 6.31. The van der Waals surface area contributed by atoms with E-state index >= 15 is 0 Å². The summed E-state index contributed by atoms with van der Waals surface area (Å²) in [6, 6.07) is 15.7. The third-order valence-corrected chi connectivity index (χ3v) is 6.31. The number of nitrogens with two attached hydrogens (primary N) is 2. The predicted molar refractivity (Wildman–Crippen MR) is 147 cm³/mol. The van der Waals surface area contributed by atoms with Crippen molar-refractivity contribution in [1.82, 2.24) is 19.8 Å². The first kappa shape index (κ1) is 24.2. The van der Waals surface area contributed by atoms with Crippen molar-refractivity contribution >= 4 is 34.4 Å². The van der Waals surface area contributed by atoms with E-state index < -0.39 is 0 Å². The zero-order chi connectivity index (χ0) is 24.6. The molecule has 0 aliphatic carbocycles. The first-order valence-corrected chi connectivity index (χ1v) is 12.4. The van der Waals surface area contributed by atoms with Crippen molar-refractivity contribution in [2.24, 2.45) is 0 Å². The molecule has 35 heavy (non-hydrogen) atoms. The number of para-hydroxylation sites is 4. The van der Waals surface area contributed by atoms with Gasteiger partial charge in [-0.1, -0.05) is 48.1 Å². The van der Waals surface area contributed by atoms with Gasteiger partial charge < -0.3 is 22.1 Å². The lowest BCUT2D eigenvalue weighted by Gasteiger charge is -2.24. The van der Waals surface area contributed by atoms with Gasteiger partial charge >= 0.3 is 0 Å². The van der Waals surface area contributed by atoms with Crippen molar-refractivity contribution in [3.8, 4) is 0 Å². The molecule has 8 heteroatoms. The van der Waals surface area contributed by atoms with Gasteiger partial charge in [0.25, 0.3) is 11.7 Å². The second kappa shape index (κ2) is 11.5. The molecule has 2 aromatic carbocycles. The minimum Gasteiger partial charge on any atom is -0.397 e. The Hall–Kier alpha value is -3.94. The van der Waals surface area contributed by atoms with Crippen LogP contribution in [0.25, 0.3) is 0 Å². The quantitative estimate of drug-likeness (QED) is 0.347. The Labute approximate surface area is 208 Å². The maximum Gasteiger partial charge on any atom is 0.300 e. The first-order chi connectivity index (χ1) is 17.1. The van der Waals surface area contributed by atoms with Gasteiger partial charge in [0.05, 0.1) is 35.6 Å². The molecule has 2 radical (unpaired) electrons. The van der Waals surface area contributed by atoms with Crippen molar-refractivity contribution in [3.05, 3.63) is 73.3 Å². The van der Waals surface area contributed by atoms with Gasteiger partial charge in [-0.25, -0.2) is 9.80 Å². The van der Waals surface area contributed by atoms with Crippen LogP contribution in [0.4, 0.5) is 22.7 Å². The molecule has 4 rings (SSSR count). The number of hydrogen-bond donors (Lipinski definition) is 4. The fourth-order valence-corrected chi connectivity index (χ4v) is 4.40. The topological polar surface area (TPSA) is 111 Å². The summed E-state index contributed by atoms with van der Waals surface area (Å²) in [5.41, 5.74) is 15.7. The summed E-state index contributed by atoms with van der Waals surface area (Å²) in [6.07, 6.45) is 12.5. The maximum absolute atomic E-state index is 6.15. The van der Waals surface area contributed by atoms with Gasteiger partial charge in [0.15, 0.2) is 24.7 Å². The largest absolute Gasteiger partial charge is 0.397 e. The van der Waals surface area contributed by atoms with Gasteiger partial charge in [0, 0.05) is 12.8 Å². The van der Waals surface area contributed by atoms with Crippen LogP contribution in [0.5, 0.6) is 0 Å². The van der Waals surface area contributed by atoms with Crippen LogP contribution < -0.4 is 32.1 Å². The molecule has 2 heterocycles. The van der Waals surface area contributed by atoms with Crippen LogP contribution in [0.15, 0.2) is 73.3 Å². The molecule has 2 atom stereocenters. The maximum atomic E-state index is 6.15. The molecule has 0 amide bonds. The number of anilines is 4. The molecule has 0 saturated carbocycles. The first-order valence-electron chi connectivity index (χ1n) is 12.4. The zero-order valence-electron chi connectivity index (χ0n) is 20.6. The monoisotopic (exact) mass is 472 g/mol. The molecule has 2 aliphatic rings. The fraction of sp³-hybridized carbons (Fsp3) is 0.333. The standard InChI is InChI=1S/C27H36N8/c1-3-24(32-22-12-7-5-10-20(22)28)34-18-16-30-26(34)14-9-15-27-31-17-19-35(27)25(4-2)33-23-13-8-6-11-21(23)29/h5-8,10-13,16-19,24-25,32-33H,3-4,9,14-15,28-29H2,1-2H3/q+2. The lowest BCUT2D eigenvalue weighted by Crippen LogP contribution is -2.41. The predicted octanol–water partition coefficient (Wildman–Crippen LogP) is 4.06. The molecule has 6 N–H and O–H groups in total. The Morgan fingerprint density at radius 3 is 1.54 bits per heavy atom. The van der Waals surface area contributed by atoms with Crippen LogP contribution in [0.3, 0.4) is 0 Å². The van der Waals surface area contributed by atoms with E-state index in [0.29, 0.717) is 0 Å². The van der Waals surface area contributed by atoms with Crippen LogP contribution in [0.1, 0.15) is 46.0 Å². The SMILES string of the molecule is CCC(Nc1ccccc1N)N1C=C[N+]=C1CCCC1=[N+]C=CN1C(CC)Nc1ccccc1N. The van der Waals surface area contributed by atoms with Gasteiger partial charge in [0.1, 0.15) is 12.4 Å². The number of benzene rings is 2. The minimum atomic E-state index is 0.0872. The number of nitrogen functional groups attached to an aromatic ring is 2. The Kier molecular flexibility index (Phi) is 7.92. The normalized spacial score (nSPS) is 16.3. The summed E-state index contributed by atoms with van der Waals surface area (Å²) in [6.45, 7) is 4.32. The molecule has 0 saturated heterocycles. The fourth-order valence-electron chi connectivity index (χ4n) is 4.40. The summed E-state index contributed by atoms with van der Waals surface area (Å²) in [5, 5.41) is 7.13. The Morgan fingerprint density at radius 2 is 1.14 bits per heavy atom. The Morgan fingerprint density at radius 1 is 0.714 bits per heavy atom. The van der Waals surface area contributed by atoms with Gasteiger partial charge in [-0.3, -0.25) is 0 Å².